The van der Waals surface area contributed by atoms with Crippen molar-refractivity contribution < 1.29 is 9.53 Å². The molecule has 6 heteroatoms. The third kappa shape index (κ3) is 4.35. The van der Waals surface area contributed by atoms with Crippen molar-refractivity contribution in [3.63, 3.8) is 0 Å². The molecule has 0 radical (unpaired) electrons. The zero-order valence-corrected chi connectivity index (χ0v) is 16.2. The number of likely N-dealkylation sites (tertiary alicyclic amines) is 1. The summed E-state index contributed by atoms with van der Waals surface area (Å²) in [4.78, 5) is 16.6. The summed E-state index contributed by atoms with van der Waals surface area (Å²) in [5.74, 6) is 1.25. The predicted molar refractivity (Wildman–Crippen MR) is 106 cm³/mol. The van der Waals surface area contributed by atoms with Gasteiger partial charge in [0.1, 0.15) is 10.6 Å². The summed E-state index contributed by atoms with van der Waals surface area (Å²) in [6.45, 7) is 3.59. The second kappa shape index (κ2) is 8.70. The summed E-state index contributed by atoms with van der Waals surface area (Å²) in [5, 5.41) is 0. The number of ether oxygens (including phenoxy) is 1. The second-order valence-electron chi connectivity index (χ2n) is 6.36. The molecule has 3 rings (SSSR count). The SMILES string of the molecule is COc1cc(-c2ccccc2)sc1C(=O)N1CCC(C(C)N)CC1.Cl. The molecular weight excluding hydrogens is 356 g/mol. The van der Waals surface area contributed by atoms with Gasteiger partial charge in [0.05, 0.1) is 7.11 Å². The number of amides is 1. The van der Waals surface area contributed by atoms with E-state index in [1.165, 1.54) is 11.3 Å². The molecular formula is C19H25ClN2O2S. The number of thiophene rings is 1. The van der Waals surface area contributed by atoms with Crippen LogP contribution in [0.1, 0.15) is 29.4 Å². The fraction of sp³-hybridized carbons (Fsp3) is 0.421. The van der Waals surface area contributed by atoms with Gasteiger partial charge in [-0.2, -0.15) is 0 Å². The summed E-state index contributed by atoms with van der Waals surface area (Å²) >= 11 is 1.51. The average molecular weight is 381 g/mol. The van der Waals surface area contributed by atoms with Crippen LogP contribution in [0.4, 0.5) is 0 Å². The van der Waals surface area contributed by atoms with Gasteiger partial charge in [-0.1, -0.05) is 30.3 Å². The number of hydrogen-bond donors (Lipinski definition) is 1. The fourth-order valence-electron chi connectivity index (χ4n) is 3.19. The van der Waals surface area contributed by atoms with E-state index in [2.05, 4.69) is 6.92 Å². The number of carbonyl (C=O) groups excluding carboxylic acids is 1. The lowest BCUT2D eigenvalue weighted by Crippen LogP contribution is -2.42. The first-order valence-corrected chi connectivity index (χ1v) is 9.20. The lowest BCUT2D eigenvalue weighted by atomic mass is 9.91. The van der Waals surface area contributed by atoms with Gasteiger partial charge in [-0.25, -0.2) is 0 Å². The van der Waals surface area contributed by atoms with Gasteiger partial charge in [-0.05, 0) is 37.3 Å². The van der Waals surface area contributed by atoms with Gasteiger partial charge in [0.2, 0.25) is 0 Å². The van der Waals surface area contributed by atoms with Crippen LogP contribution in [-0.2, 0) is 0 Å². The van der Waals surface area contributed by atoms with E-state index in [1.807, 2.05) is 41.3 Å². The molecule has 2 N–H and O–H groups in total. The number of benzene rings is 1. The van der Waals surface area contributed by atoms with Gasteiger partial charge in [0.25, 0.3) is 5.91 Å². The smallest absolute Gasteiger partial charge is 0.267 e. The van der Waals surface area contributed by atoms with E-state index in [0.717, 1.165) is 36.4 Å². The molecule has 1 saturated heterocycles. The number of carbonyl (C=O) groups is 1. The highest BCUT2D eigenvalue weighted by Crippen LogP contribution is 2.37. The first kappa shape index (κ1) is 19.8. The third-order valence-electron chi connectivity index (χ3n) is 4.74. The van der Waals surface area contributed by atoms with Crippen LogP contribution in [0, 0.1) is 5.92 Å². The highest BCUT2D eigenvalue weighted by Gasteiger charge is 2.28. The van der Waals surface area contributed by atoms with Crippen LogP contribution in [0.25, 0.3) is 10.4 Å². The number of piperidine rings is 1. The van der Waals surface area contributed by atoms with E-state index in [4.69, 9.17) is 10.5 Å². The first-order chi connectivity index (χ1) is 11.6. The maximum absolute atomic E-state index is 12.9. The van der Waals surface area contributed by atoms with E-state index < -0.39 is 0 Å². The van der Waals surface area contributed by atoms with Crippen molar-refractivity contribution in [2.45, 2.75) is 25.8 Å². The number of rotatable bonds is 4. The molecule has 1 aliphatic heterocycles. The molecule has 4 nitrogen and oxygen atoms in total. The lowest BCUT2D eigenvalue weighted by molar-refractivity contribution is 0.0683. The molecule has 2 heterocycles. The Morgan fingerprint density at radius 2 is 1.92 bits per heavy atom. The molecule has 0 bridgehead atoms. The van der Waals surface area contributed by atoms with E-state index in [9.17, 15) is 4.79 Å². The lowest BCUT2D eigenvalue weighted by Gasteiger charge is -2.33. The largest absolute Gasteiger partial charge is 0.495 e. The third-order valence-corrected chi connectivity index (χ3v) is 5.89. The minimum Gasteiger partial charge on any atom is -0.495 e. The number of nitrogens with zero attached hydrogens (tertiary/aromatic N) is 1. The molecule has 1 atom stereocenters. The van der Waals surface area contributed by atoms with E-state index >= 15 is 0 Å². The van der Waals surface area contributed by atoms with Crippen LogP contribution in [0.2, 0.25) is 0 Å². The normalized spacial score (nSPS) is 16.2. The number of hydrogen-bond acceptors (Lipinski definition) is 4. The quantitative estimate of drug-likeness (QED) is 0.870. The van der Waals surface area contributed by atoms with Crippen molar-refractivity contribution in [2.75, 3.05) is 20.2 Å². The van der Waals surface area contributed by atoms with Crippen molar-refractivity contribution in [1.29, 1.82) is 0 Å². The highest BCUT2D eigenvalue weighted by atomic mass is 35.5. The molecule has 0 saturated carbocycles. The molecule has 1 aromatic heterocycles. The topological polar surface area (TPSA) is 55.6 Å². The van der Waals surface area contributed by atoms with Crippen molar-refractivity contribution in [3.8, 4) is 16.2 Å². The van der Waals surface area contributed by atoms with Crippen LogP contribution in [0.5, 0.6) is 5.75 Å². The Labute approximate surface area is 159 Å². The van der Waals surface area contributed by atoms with Gasteiger partial charge in [0.15, 0.2) is 0 Å². The summed E-state index contributed by atoms with van der Waals surface area (Å²) < 4.78 is 5.46. The predicted octanol–water partition coefficient (Wildman–Crippen LogP) is 4.04. The van der Waals surface area contributed by atoms with Gasteiger partial charge in [-0.3, -0.25) is 4.79 Å². The molecule has 0 aliphatic carbocycles. The van der Waals surface area contributed by atoms with E-state index in [1.54, 1.807) is 7.11 Å². The molecule has 25 heavy (non-hydrogen) atoms. The van der Waals surface area contributed by atoms with Gasteiger partial charge >= 0.3 is 0 Å². The number of methoxy groups -OCH3 is 1. The minimum atomic E-state index is 0. The molecule has 2 aromatic rings. The van der Waals surface area contributed by atoms with Crippen molar-refractivity contribution >= 4 is 29.7 Å². The number of halogens is 1. The van der Waals surface area contributed by atoms with Crippen LogP contribution in [0.3, 0.4) is 0 Å². The van der Waals surface area contributed by atoms with Crippen molar-refractivity contribution in [1.82, 2.24) is 4.90 Å². The second-order valence-corrected chi connectivity index (χ2v) is 7.42. The van der Waals surface area contributed by atoms with Gasteiger partial charge in [-0.15, -0.1) is 23.7 Å². The standard InChI is InChI=1S/C19H24N2O2S.ClH/c1-13(20)14-8-10-21(11-9-14)19(22)18-16(23-2)12-17(24-18)15-6-4-3-5-7-15;/h3-7,12-14H,8-11,20H2,1-2H3;1H. The summed E-state index contributed by atoms with van der Waals surface area (Å²) in [5.41, 5.74) is 7.10. The van der Waals surface area contributed by atoms with Crippen LogP contribution in [0.15, 0.2) is 36.4 Å². The monoisotopic (exact) mass is 380 g/mol. The highest BCUT2D eigenvalue weighted by molar-refractivity contribution is 7.17. The molecule has 1 amide bonds. The van der Waals surface area contributed by atoms with E-state index in [0.29, 0.717) is 16.5 Å². The Hall–Kier alpha value is -1.56. The summed E-state index contributed by atoms with van der Waals surface area (Å²) in [6.07, 6.45) is 1.95. The van der Waals surface area contributed by atoms with Crippen molar-refractivity contribution in [3.05, 3.63) is 41.3 Å². The zero-order chi connectivity index (χ0) is 17.1. The summed E-state index contributed by atoms with van der Waals surface area (Å²) in [6, 6.07) is 12.2. The first-order valence-electron chi connectivity index (χ1n) is 8.38. The Morgan fingerprint density at radius 1 is 1.28 bits per heavy atom. The van der Waals surface area contributed by atoms with Gasteiger partial charge in [0, 0.05) is 24.0 Å². The summed E-state index contributed by atoms with van der Waals surface area (Å²) in [7, 11) is 1.62. The zero-order valence-electron chi connectivity index (χ0n) is 14.6. The fourth-order valence-corrected chi connectivity index (χ4v) is 4.29. The van der Waals surface area contributed by atoms with E-state index in [-0.39, 0.29) is 24.4 Å². The molecule has 1 fully saturated rings. The molecule has 136 valence electrons. The Bertz CT molecular complexity index is 695. The Kier molecular flexibility index (Phi) is 6.87. The van der Waals surface area contributed by atoms with Gasteiger partial charge < -0.3 is 15.4 Å². The molecule has 1 aromatic carbocycles. The maximum Gasteiger partial charge on any atom is 0.267 e. The molecule has 1 aliphatic rings. The Morgan fingerprint density at radius 3 is 2.48 bits per heavy atom. The van der Waals surface area contributed by atoms with Crippen LogP contribution in [-0.4, -0.2) is 37.0 Å². The van der Waals surface area contributed by atoms with Crippen LogP contribution < -0.4 is 10.5 Å². The van der Waals surface area contributed by atoms with Crippen molar-refractivity contribution in [2.24, 2.45) is 11.7 Å². The molecule has 0 spiro atoms. The van der Waals surface area contributed by atoms with Crippen LogP contribution >= 0.6 is 23.7 Å². The number of nitrogens with two attached hydrogens (primary N) is 1. The Balaban J connectivity index is 0.00000225. The maximum atomic E-state index is 12.9. The minimum absolute atomic E-state index is 0. The average Bonchev–Trinajstić information content (AvgIpc) is 3.06. The molecule has 1 unspecified atom stereocenters.